The molecule has 1 amide bonds. The second kappa shape index (κ2) is 8.50. The Labute approximate surface area is 143 Å². The molecule has 0 radical (unpaired) electrons. The summed E-state index contributed by atoms with van der Waals surface area (Å²) in [7, 11) is 0. The van der Waals surface area contributed by atoms with Crippen LogP contribution in [0.3, 0.4) is 0 Å². The van der Waals surface area contributed by atoms with Gasteiger partial charge in [0.1, 0.15) is 5.75 Å². The molecule has 0 bridgehead atoms. The molecule has 0 saturated heterocycles. The zero-order chi connectivity index (χ0) is 17.5. The molecule has 0 aliphatic rings. The number of benzene rings is 2. The predicted molar refractivity (Wildman–Crippen MR) is 98.4 cm³/mol. The van der Waals surface area contributed by atoms with Gasteiger partial charge in [-0.25, -0.2) is 0 Å². The van der Waals surface area contributed by atoms with Crippen molar-refractivity contribution in [3.8, 4) is 5.75 Å². The van der Waals surface area contributed by atoms with Crippen molar-refractivity contribution in [1.82, 2.24) is 5.32 Å². The Bertz CT molecular complexity index is 681. The van der Waals surface area contributed by atoms with Crippen LogP contribution in [0.4, 0.5) is 5.69 Å². The summed E-state index contributed by atoms with van der Waals surface area (Å²) in [4.78, 5) is 12.2. The number of carbonyl (C=O) groups is 1. The lowest BCUT2D eigenvalue weighted by Gasteiger charge is -2.15. The molecule has 4 heteroatoms. The number of carbonyl (C=O) groups excluding carboxylic acids is 1. The molecular weight excluding hydrogens is 300 g/mol. The molecule has 3 N–H and O–H groups in total. The minimum Gasteiger partial charge on any atom is -0.508 e. The quantitative estimate of drug-likeness (QED) is 0.729. The Morgan fingerprint density at radius 2 is 1.83 bits per heavy atom. The van der Waals surface area contributed by atoms with E-state index in [9.17, 15) is 9.90 Å². The van der Waals surface area contributed by atoms with Crippen LogP contribution in [0, 0.1) is 13.8 Å². The van der Waals surface area contributed by atoms with Crippen molar-refractivity contribution < 1.29 is 9.90 Å². The normalized spacial score (nSPS) is 12.0. The first-order valence-corrected chi connectivity index (χ1v) is 8.32. The Hall–Kier alpha value is -2.33. The lowest BCUT2D eigenvalue weighted by molar-refractivity contribution is -0.116. The van der Waals surface area contributed by atoms with Crippen molar-refractivity contribution in [2.24, 2.45) is 0 Å². The van der Waals surface area contributed by atoms with E-state index in [1.54, 1.807) is 12.1 Å². The molecule has 24 heavy (non-hydrogen) atoms. The highest BCUT2D eigenvalue weighted by Gasteiger charge is 2.10. The average molecular weight is 326 g/mol. The van der Waals surface area contributed by atoms with Crippen LogP contribution in [0.1, 0.15) is 30.0 Å². The first kappa shape index (κ1) is 18.0. The minimum atomic E-state index is 0.0200. The summed E-state index contributed by atoms with van der Waals surface area (Å²) in [6.45, 7) is 6.85. The fraction of sp³-hybridized carbons (Fsp3) is 0.350. The van der Waals surface area contributed by atoms with Crippen LogP contribution >= 0.6 is 0 Å². The van der Waals surface area contributed by atoms with Crippen molar-refractivity contribution >= 4 is 11.6 Å². The lowest BCUT2D eigenvalue weighted by Crippen LogP contribution is -2.32. The van der Waals surface area contributed by atoms with Crippen LogP contribution in [-0.2, 0) is 11.2 Å². The highest BCUT2D eigenvalue weighted by Crippen LogP contribution is 2.16. The molecule has 0 aliphatic heterocycles. The van der Waals surface area contributed by atoms with Crippen molar-refractivity contribution in [2.75, 3.05) is 11.9 Å². The molecular formula is C20H26N2O2. The predicted octanol–water partition coefficient (Wildman–Crippen LogP) is 3.56. The lowest BCUT2D eigenvalue weighted by atomic mass is 10.1. The number of amides is 1. The average Bonchev–Trinajstić information content (AvgIpc) is 2.52. The summed E-state index contributed by atoms with van der Waals surface area (Å²) in [5.74, 6) is 0.301. The second-order valence-electron chi connectivity index (χ2n) is 6.34. The third-order valence-electron chi connectivity index (χ3n) is 3.99. The Kier molecular flexibility index (Phi) is 6.38. The Morgan fingerprint density at radius 1 is 1.12 bits per heavy atom. The van der Waals surface area contributed by atoms with Gasteiger partial charge < -0.3 is 15.7 Å². The second-order valence-corrected chi connectivity index (χ2v) is 6.34. The van der Waals surface area contributed by atoms with Crippen LogP contribution in [0.25, 0.3) is 0 Å². The van der Waals surface area contributed by atoms with E-state index in [0.717, 1.165) is 29.8 Å². The maximum absolute atomic E-state index is 12.2. The number of anilines is 1. The van der Waals surface area contributed by atoms with E-state index in [2.05, 4.69) is 16.7 Å². The highest BCUT2D eigenvalue weighted by molar-refractivity contribution is 5.91. The number of phenols is 1. The first-order chi connectivity index (χ1) is 11.4. The van der Waals surface area contributed by atoms with Gasteiger partial charge in [-0.2, -0.15) is 0 Å². The zero-order valence-corrected chi connectivity index (χ0v) is 14.6. The van der Waals surface area contributed by atoms with Gasteiger partial charge in [-0.15, -0.1) is 0 Å². The smallest absolute Gasteiger partial charge is 0.225 e. The van der Waals surface area contributed by atoms with Gasteiger partial charge in [-0.3, -0.25) is 4.79 Å². The molecule has 4 nitrogen and oxygen atoms in total. The molecule has 0 saturated carbocycles. The fourth-order valence-corrected chi connectivity index (χ4v) is 2.63. The van der Waals surface area contributed by atoms with E-state index in [1.807, 2.05) is 45.0 Å². The first-order valence-electron chi connectivity index (χ1n) is 8.32. The summed E-state index contributed by atoms with van der Waals surface area (Å²) in [6.07, 6.45) is 1.30. The summed E-state index contributed by atoms with van der Waals surface area (Å²) in [6, 6.07) is 13.3. The van der Waals surface area contributed by atoms with Crippen molar-refractivity contribution in [2.45, 2.75) is 39.7 Å². The summed E-state index contributed by atoms with van der Waals surface area (Å²) >= 11 is 0. The van der Waals surface area contributed by atoms with E-state index < -0.39 is 0 Å². The van der Waals surface area contributed by atoms with Gasteiger partial charge in [0.25, 0.3) is 0 Å². The summed E-state index contributed by atoms with van der Waals surface area (Å²) in [5.41, 5.74) is 4.31. The number of hydrogen-bond donors (Lipinski definition) is 3. The third kappa shape index (κ3) is 5.70. The van der Waals surface area contributed by atoms with Crippen molar-refractivity contribution in [3.05, 3.63) is 59.2 Å². The van der Waals surface area contributed by atoms with E-state index in [1.165, 1.54) is 5.56 Å². The minimum absolute atomic E-state index is 0.0200. The van der Waals surface area contributed by atoms with Crippen LogP contribution in [-0.4, -0.2) is 23.6 Å². The molecule has 1 atom stereocenters. The van der Waals surface area contributed by atoms with Gasteiger partial charge in [-0.1, -0.05) is 29.8 Å². The van der Waals surface area contributed by atoms with Crippen LogP contribution < -0.4 is 10.6 Å². The maximum Gasteiger partial charge on any atom is 0.225 e. The van der Waals surface area contributed by atoms with Crippen molar-refractivity contribution in [1.29, 1.82) is 0 Å². The zero-order valence-electron chi connectivity index (χ0n) is 14.6. The van der Waals surface area contributed by atoms with E-state index in [0.29, 0.717) is 6.42 Å². The maximum atomic E-state index is 12.2. The summed E-state index contributed by atoms with van der Waals surface area (Å²) in [5, 5.41) is 15.6. The molecule has 0 spiro atoms. The number of aromatic hydroxyl groups is 1. The van der Waals surface area contributed by atoms with Gasteiger partial charge >= 0.3 is 0 Å². The topological polar surface area (TPSA) is 61.4 Å². The fourth-order valence-electron chi connectivity index (χ4n) is 2.63. The number of aryl methyl sites for hydroxylation is 2. The molecule has 0 aromatic heterocycles. The van der Waals surface area contributed by atoms with Crippen LogP contribution in [0.15, 0.2) is 42.5 Å². The van der Waals surface area contributed by atoms with E-state index >= 15 is 0 Å². The Morgan fingerprint density at radius 3 is 2.50 bits per heavy atom. The Balaban J connectivity index is 1.74. The number of phenolic OH excluding ortho intramolecular Hbond substituents is 1. The monoisotopic (exact) mass is 326 g/mol. The largest absolute Gasteiger partial charge is 0.508 e. The molecule has 2 aromatic rings. The van der Waals surface area contributed by atoms with Gasteiger partial charge in [0, 0.05) is 18.2 Å². The molecule has 0 unspecified atom stereocenters. The van der Waals surface area contributed by atoms with Crippen LogP contribution in [0.5, 0.6) is 5.75 Å². The molecule has 2 aromatic carbocycles. The summed E-state index contributed by atoms with van der Waals surface area (Å²) < 4.78 is 0. The van der Waals surface area contributed by atoms with Gasteiger partial charge in [0.15, 0.2) is 0 Å². The standard InChI is InChI=1S/C20H26N2O2/c1-14-4-9-19(15(2)12-14)22-20(24)13-16(3)21-11-10-17-5-7-18(23)8-6-17/h4-9,12,16,21,23H,10-11,13H2,1-3H3,(H,22,24)/t16-/m0/s1. The molecule has 128 valence electrons. The van der Waals surface area contributed by atoms with Gasteiger partial charge in [-0.05, 0) is 63.1 Å². The molecule has 0 aliphatic carbocycles. The molecule has 2 rings (SSSR count). The van der Waals surface area contributed by atoms with E-state index in [4.69, 9.17) is 0 Å². The highest BCUT2D eigenvalue weighted by atomic mass is 16.3. The number of nitrogens with one attached hydrogen (secondary N) is 2. The number of hydrogen-bond acceptors (Lipinski definition) is 3. The SMILES string of the molecule is Cc1ccc(NC(=O)C[C@H](C)NCCc2ccc(O)cc2)c(C)c1. The van der Waals surface area contributed by atoms with Gasteiger partial charge in [0.2, 0.25) is 5.91 Å². The molecule has 0 fully saturated rings. The van der Waals surface area contributed by atoms with Gasteiger partial charge in [0.05, 0.1) is 0 Å². The van der Waals surface area contributed by atoms with E-state index in [-0.39, 0.29) is 17.7 Å². The molecule has 0 heterocycles. The third-order valence-corrected chi connectivity index (χ3v) is 3.99. The van der Waals surface area contributed by atoms with Crippen LogP contribution in [0.2, 0.25) is 0 Å². The van der Waals surface area contributed by atoms with Crippen molar-refractivity contribution in [3.63, 3.8) is 0 Å². The number of rotatable bonds is 7.